The van der Waals surface area contributed by atoms with Gasteiger partial charge in [-0.25, -0.2) is 13.1 Å². The molecule has 20 heavy (non-hydrogen) atoms. The zero-order chi connectivity index (χ0) is 15.0. The Morgan fingerprint density at radius 3 is 2.25 bits per heavy atom. The highest BCUT2D eigenvalue weighted by Crippen LogP contribution is 2.40. The number of aryl methyl sites for hydroxylation is 1. The first kappa shape index (κ1) is 15.3. The zero-order valence-corrected chi connectivity index (χ0v) is 13.4. The summed E-state index contributed by atoms with van der Waals surface area (Å²) in [6.07, 6.45) is 6.01. The van der Waals surface area contributed by atoms with E-state index < -0.39 is 15.6 Å². The summed E-state index contributed by atoms with van der Waals surface area (Å²) in [5.74, 6) is 0. The number of hydrogen-bond donors (Lipinski definition) is 1. The molecule has 1 aliphatic carbocycles. The molecule has 110 valence electrons. The van der Waals surface area contributed by atoms with Gasteiger partial charge in [0, 0.05) is 0 Å². The molecular weight excluding hydrogens is 270 g/mol. The van der Waals surface area contributed by atoms with Crippen molar-refractivity contribution in [1.29, 1.82) is 0 Å². The van der Waals surface area contributed by atoms with Gasteiger partial charge in [-0.1, -0.05) is 43.7 Å². The molecule has 1 aromatic rings. The molecule has 3 nitrogen and oxygen atoms in total. The van der Waals surface area contributed by atoms with Crippen molar-refractivity contribution in [2.75, 3.05) is 0 Å². The maximum atomic E-state index is 12.6. The second-order valence-electron chi connectivity index (χ2n) is 6.45. The Hall–Kier alpha value is -1.13. The van der Waals surface area contributed by atoms with E-state index >= 15 is 0 Å². The lowest BCUT2D eigenvalue weighted by Crippen LogP contribution is -2.55. The van der Waals surface area contributed by atoms with E-state index in [1.165, 1.54) is 0 Å². The molecule has 0 fully saturated rings. The molecule has 1 aromatic carbocycles. The van der Waals surface area contributed by atoms with Gasteiger partial charge in [-0.05, 0) is 44.2 Å². The smallest absolute Gasteiger partial charge is 0.207 e. The normalized spacial score (nSPS) is 25.6. The van der Waals surface area contributed by atoms with E-state index in [0.717, 1.165) is 18.4 Å². The summed E-state index contributed by atoms with van der Waals surface area (Å²) >= 11 is 0. The number of nitrogens with one attached hydrogen (secondary N) is 1. The maximum Gasteiger partial charge on any atom is 0.241 e. The van der Waals surface area contributed by atoms with E-state index in [9.17, 15) is 8.42 Å². The van der Waals surface area contributed by atoms with Crippen LogP contribution in [0.15, 0.2) is 41.3 Å². The molecule has 0 aromatic heterocycles. The van der Waals surface area contributed by atoms with Crippen LogP contribution in [0.2, 0.25) is 0 Å². The number of rotatable bonds is 3. The zero-order valence-electron chi connectivity index (χ0n) is 12.6. The van der Waals surface area contributed by atoms with E-state index in [0.29, 0.717) is 4.90 Å². The summed E-state index contributed by atoms with van der Waals surface area (Å²) in [4.78, 5) is 0.319. The van der Waals surface area contributed by atoms with Gasteiger partial charge in [0.05, 0.1) is 10.4 Å². The van der Waals surface area contributed by atoms with Crippen LogP contribution in [0.3, 0.4) is 0 Å². The predicted molar refractivity (Wildman–Crippen MR) is 82.1 cm³/mol. The molecule has 0 heterocycles. The number of hydrogen-bond acceptors (Lipinski definition) is 2. The maximum absolute atomic E-state index is 12.6. The minimum atomic E-state index is -3.51. The molecular formula is C16H23NO2S. The van der Waals surface area contributed by atoms with Crippen LogP contribution in [0, 0.1) is 12.3 Å². The summed E-state index contributed by atoms with van der Waals surface area (Å²) in [7, 11) is -3.51. The number of benzene rings is 1. The van der Waals surface area contributed by atoms with E-state index in [1.807, 2.05) is 32.1 Å². The van der Waals surface area contributed by atoms with Crippen molar-refractivity contribution in [2.45, 2.75) is 51.0 Å². The fourth-order valence-corrected chi connectivity index (χ4v) is 3.99. The minimum Gasteiger partial charge on any atom is -0.207 e. The van der Waals surface area contributed by atoms with Crippen molar-refractivity contribution < 1.29 is 8.42 Å². The average Bonchev–Trinajstić information content (AvgIpc) is 2.33. The number of sulfonamides is 1. The van der Waals surface area contributed by atoms with Gasteiger partial charge in [0.15, 0.2) is 0 Å². The predicted octanol–water partition coefficient (Wildman–Crippen LogP) is 3.41. The van der Waals surface area contributed by atoms with Crippen LogP contribution in [0.25, 0.3) is 0 Å². The molecule has 1 atom stereocenters. The molecule has 0 saturated heterocycles. The Morgan fingerprint density at radius 2 is 1.70 bits per heavy atom. The van der Waals surface area contributed by atoms with Crippen LogP contribution >= 0.6 is 0 Å². The van der Waals surface area contributed by atoms with Gasteiger partial charge in [0.1, 0.15) is 0 Å². The third-order valence-electron chi connectivity index (χ3n) is 4.47. The van der Waals surface area contributed by atoms with Crippen molar-refractivity contribution in [1.82, 2.24) is 4.72 Å². The second-order valence-corrected chi connectivity index (χ2v) is 8.13. The molecule has 2 rings (SSSR count). The lowest BCUT2D eigenvalue weighted by Gasteiger charge is -2.45. The van der Waals surface area contributed by atoms with Gasteiger partial charge < -0.3 is 0 Å². The van der Waals surface area contributed by atoms with Gasteiger partial charge in [0.2, 0.25) is 10.0 Å². The number of allylic oxidation sites excluding steroid dienone is 1. The first-order valence-corrected chi connectivity index (χ1v) is 8.43. The summed E-state index contributed by atoms with van der Waals surface area (Å²) in [6, 6.07) is 6.94. The van der Waals surface area contributed by atoms with Crippen LogP contribution in [0.4, 0.5) is 0 Å². The molecule has 1 aliphatic rings. The third-order valence-corrected chi connectivity index (χ3v) is 6.06. The van der Waals surface area contributed by atoms with Crippen LogP contribution in [0.5, 0.6) is 0 Å². The Balaban J connectivity index is 2.34. The fourth-order valence-electron chi connectivity index (χ4n) is 2.48. The largest absolute Gasteiger partial charge is 0.241 e. The van der Waals surface area contributed by atoms with Crippen molar-refractivity contribution in [3.8, 4) is 0 Å². The molecule has 0 bridgehead atoms. The van der Waals surface area contributed by atoms with Gasteiger partial charge in [0.25, 0.3) is 0 Å². The minimum absolute atomic E-state index is 0.112. The lowest BCUT2D eigenvalue weighted by atomic mass is 9.68. The highest BCUT2D eigenvalue weighted by atomic mass is 32.2. The van der Waals surface area contributed by atoms with Gasteiger partial charge in [-0.2, -0.15) is 0 Å². The van der Waals surface area contributed by atoms with E-state index in [4.69, 9.17) is 0 Å². The van der Waals surface area contributed by atoms with E-state index in [1.54, 1.807) is 12.1 Å². The second kappa shape index (κ2) is 5.01. The van der Waals surface area contributed by atoms with Crippen LogP contribution in [-0.4, -0.2) is 14.0 Å². The molecule has 0 aliphatic heterocycles. The fraction of sp³-hybridized carbons (Fsp3) is 0.500. The SMILES string of the molecule is Cc1ccc(S(=O)(=O)N[C@]2(C)C=CCCC2(C)C)cc1. The quantitative estimate of drug-likeness (QED) is 0.868. The van der Waals surface area contributed by atoms with E-state index in [-0.39, 0.29) is 5.41 Å². The lowest BCUT2D eigenvalue weighted by molar-refractivity contribution is 0.186. The van der Waals surface area contributed by atoms with Crippen molar-refractivity contribution in [3.63, 3.8) is 0 Å². The highest BCUT2D eigenvalue weighted by molar-refractivity contribution is 7.89. The third kappa shape index (κ3) is 2.81. The van der Waals surface area contributed by atoms with Crippen LogP contribution in [-0.2, 0) is 10.0 Å². The molecule has 1 N–H and O–H groups in total. The standard InChI is InChI=1S/C16H23NO2S/c1-13-7-9-14(10-8-13)20(18,19)17-16(4)12-6-5-11-15(16,2)3/h6-10,12,17H,5,11H2,1-4H3/t16-/m1/s1. The molecule has 0 saturated carbocycles. The van der Waals surface area contributed by atoms with Gasteiger partial charge >= 0.3 is 0 Å². The first-order chi connectivity index (χ1) is 9.16. The Bertz CT molecular complexity index is 614. The first-order valence-electron chi connectivity index (χ1n) is 6.95. The van der Waals surface area contributed by atoms with Crippen molar-refractivity contribution in [2.24, 2.45) is 5.41 Å². The van der Waals surface area contributed by atoms with Crippen molar-refractivity contribution in [3.05, 3.63) is 42.0 Å². The van der Waals surface area contributed by atoms with Crippen LogP contribution < -0.4 is 4.72 Å². The van der Waals surface area contributed by atoms with Gasteiger partial charge in [-0.3, -0.25) is 0 Å². The monoisotopic (exact) mass is 293 g/mol. The van der Waals surface area contributed by atoms with Crippen molar-refractivity contribution >= 4 is 10.0 Å². The summed E-state index contributed by atoms with van der Waals surface area (Å²) in [5.41, 5.74) is 0.377. The Labute approximate surface area is 122 Å². The highest BCUT2D eigenvalue weighted by Gasteiger charge is 2.43. The summed E-state index contributed by atoms with van der Waals surface area (Å²) < 4.78 is 28.0. The molecule has 0 spiro atoms. The van der Waals surface area contributed by atoms with Crippen LogP contribution in [0.1, 0.15) is 39.2 Å². The molecule has 0 radical (unpaired) electrons. The van der Waals surface area contributed by atoms with E-state index in [2.05, 4.69) is 24.6 Å². The summed E-state index contributed by atoms with van der Waals surface area (Å²) in [5, 5.41) is 0. The Morgan fingerprint density at radius 1 is 1.10 bits per heavy atom. The topological polar surface area (TPSA) is 46.2 Å². The molecule has 4 heteroatoms. The molecule has 0 unspecified atom stereocenters. The summed E-state index contributed by atoms with van der Waals surface area (Å²) in [6.45, 7) is 8.11. The molecule has 0 amide bonds. The Kier molecular flexibility index (Phi) is 3.82. The average molecular weight is 293 g/mol. The van der Waals surface area contributed by atoms with Gasteiger partial charge in [-0.15, -0.1) is 0 Å².